The Morgan fingerprint density at radius 2 is 1.21 bits per heavy atom. The highest BCUT2D eigenvalue weighted by Crippen LogP contribution is 2.60. The number of aromatic nitrogens is 1. The summed E-state index contributed by atoms with van der Waals surface area (Å²) >= 11 is 0. The summed E-state index contributed by atoms with van der Waals surface area (Å²) in [5.74, 6) is 2.13. The minimum Gasteiger partial charge on any atom is -0.457 e. The van der Waals surface area contributed by atoms with E-state index >= 15 is 0 Å². The molecule has 0 radical (unpaired) electrons. The quantitative estimate of drug-likeness (QED) is 0.172. The summed E-state index contributed by atoms with van der Waals surface area (Å²) in [5, 5.41) is 5.14. The highest BCUT2D eigenvalue weighted by molar-refractivity contribution is 6.12. The van der Waals surface area contributed by atoms with Crippen LogP contribution >= 0.6 is 0 Å². The Morgan fingerprint density at radius 1 is 0.483 bits per heavy atom. The van der Waals surface area contributed by atoms with E-state index in [1.54, 1.807) is 0 Å². The molecule has 1 spiro atoms. The molecule has 1 aromatic heterocycles. The molecule has 2 unspecified atom stereocenters. The summed E-state index contributed by atoms with van der Waals surface area (Å²) < 4.78 is 9.38. The molecule has 2 atom stereocenters. The van der Waals surface area contributed by atoms with Crippen LogP contribution in [0.2, 0.25) is 0 Å². The third-order valence-electron chi connectivity index (χ3n) is 13.5. The molecule has 3 aliphatic rings. The van der Waals surface area contributed by atoms with Crippen LogP contribution < -0.4 is 4.74 Å². The standard InChI is InChI=1S/C56H37NO/c1-2-13-37-32-40(27-24-35(37)12-1)41-30-28-36-25-26-38(33-46(36)43-15-4-3-14-42(41)43)39-29-31-54-50(34-39)56(48-19-7-10-23-53(48)58-54)47-18-6-9-22-52(47)57-51-21-8-5-16-44(51)45-17-11-20-49(56)55(45)57/h1-27,29,31-34,41H,28,30H2. The monoisotopic (exact) mass is 739 g/mol. The predicted molar refractivity (Wildman–Crippen MR) is 238 cm³/mol. The van der Waals surface area contributed by atoms with Gasteiger partial charge in [0.15, 0.2) is 0 Å². The maximum atomic E-state index is 6.88. The molecule has 0 saturated carbocycles. The van der Waals surface area contributed by atoms with Gasteiger partial charge in [-0.2, -0.15) is 0 Å². The van der Waals surface area contributed by atoms with Crippen LogP contribution in [0.4, 0.5) is 0 Å². The fourth-order valence-electron chi connectivity index (χ4n) is 11.0. The number of para-hydroxylation sites is 4. The van der Waals surface area contributed by atoms with E-state index in [2.05, 4.69) is 199 Å². The van der Waals surface area contributed by atoms with E-state index in [1.807, 2.05) is 0 Å². The zero-order chi connectivity index (χ0) is 38.0. The third-order valence-corrected chi connectivity index (χ3v) is 13.5. The van der Waals surface area contributed by atoms with Crippen molar-refractivity contribution in [3.63, 3.8) is 0 Å². The molecule has 9 aromatic carbocycles. The zero-order valence-electron chi connectivity index (χ0n) is 31.8. The maximum absolute atomic E-state index is 6.88. The van der Waals surface area contributed by atoms with Gasteiger partial charge in [0.2, 0.25) is 0 Å². The van der Waals surface area contributed by atoms with E-state index in [9.17, 15) is 0 Å². The largest absolute Gasteiger partial charge is 0.457 e. The average Bonchev–Trinajstić information content (AvgIpc) is 3.53. The minimum atomic E-state index is -0.605. The summed E-state index contributed by atoms with van der Waals surface area (Å²) in [4.78, 5) is 0. The van der Waals surface area contributed by atoms with Gasteiger partial charge in [-0.3, -0.25) is 0 Å². The van der Waals surface area contributed by atoms with Crippen molar-refractivity contribution in [1.82, 2.24) is 4.57 Å². The molecule has 3 heterocycles. The molecule has 0 saturated heterocycles. The topological polar surface area (TPSA) is 14.2 Å². The summed E-state index contributed by atoms with van der Waals surface area (Å²) in [7, 11) is 0. The van der Waals surface area contributed by atoms with Gasteiger partial charge in [0.25, 0.3) is 0 Å². The van der Waals surface area contributed by atoms with Crippen LogP contribution in [-0.4, -0.2) is 4.57 Å². The first-order valence-corrected chi connectivity index (χ1v) is 20.5. The molecule has 2 nitrogen and oxygen atoms in total. The van der Waals surface area contributed by atoms with Gasteiger partial charge in [0, 0.05) is 27.8 Å². The lowest BCUT2D eigenvalue weighted by atomic mass is 9.61. The van der Waals surface area contributed by atoms with Crippen LogP contribution in [0.3, 0.4) is 0 Å². The second kappa shape index (κ2) is 11.9. The smallest absolute Gasteiger partial charge is 0.132 e. The Labute approximate surface area is 337 Å². The molecule has 0 amide bonds. The fraction of sp³-hybridized carbons (Fsp3) is 0.0714. The van der Waals surface area contributed by atoms with Gasteiger partial charge in [-0.25, -0.2) is 0 Å². The molecule has 58 heavy (non-hydrogen) atoms. The van der Waals surface area contributed by atoms with E-state index in [1.165, 1.54) is 99.5 Å². The molecule has 10 aromatic rings. The van der Waals surface area contributed by atoms with Crippen molar-refractivity contribution in [2.75, 3.05) is 0 Å². The number of rotatable bonds is 2. The Balaban J connectivity index is 1.03. The third kappa shape index (κ3) is 4.27. The number of hydrogen-bond donors (Lipinski definition) is 0. The summed E-state index contributed by atoms with van der Waals surface area (Å²) in [5.41, 5.74) is 17.3. The van der Waals surface area contributed by atoms with Crippen LogP contribution in [0, 0.1) is 0 Å². The first kappa shape index (κ1) is 32.0. The number of aryl methyl sites for hydroxylation is 1. The SMILES string of the molecule is c1ccc2c(c1)Oc1ccc(-c3ccc4c(c3)-c3ccccc3C(c3ccc5ccccc5c3)CC4)cc1C21c2ccccc2-n2c3ccccc3c3cccc1c32. The van der Waals surface area contributed by atoms with E-state index in [0.717, 1.165) is 24.3 Å². The fourth-order valence-corrected chi connectivity index (χ4v) is 11.0. The van der Waals surface area contributed by atoms with Gasteiger partial charge < -0.3 is 9.30 Å². The van der Waals surface area contributed by atoms with Crippen molar-refractivity contribution in [3.8, 4) is 39.4 Å². The Bertz CT molecular complexity index is 3350. The molecule has 0 fully saturated rings. The second-order valence-corrected chi connectivity index (χ2v) is 16.3. The molecule has 2 aliphatic heterocycles. The van der Waals surface area contributed by atoms with Crippen LogP contribution in [0.25, 0.3) is 60.5 Å². The summed E-state index contributed by atoms with van der Waals surface area (Å²) in [6.07, 6.45) is 2.09. The van der Waals surface area contributed by atoms with E-state index in [0.29, 0.717) is 5.92 Å². The number of fused-ring (bicyclic) bond motifs is 15. The van der Waals surface area contributed by atoms with E-state index < -0.39 is 5.41 Å². The second-order valence-electron chi connectivity index (χ2n) is 16.3. The van der Waals surface area contributed by atoms with E-state index in [4.69, 9.17) is 4.74 Å². The summed E-state index contributed by atoms with van der Waals surface area (Å²) in [6.45, 7) is 0. The first-order chi connectivity index (χ1) is 28.8. The Morgan fingerprint density at radius 3 is 2.17 bits per heavy atom. The Hall–Kier alpha value is -7.16. The molecule has 13 rings (SSSR count). The first-order valence-electron chi connectivity index (χ1n) is 20.5. The van der Waals surface area contributed by atoms with Crippen molar-refractivity contribution >= 4 is 32.6 Å². The van der Waals surface area contributed by atoms with E-state index in [-0.39, 0.29) is 0 Å². The van der Waals surface area contributed by atoms with Crippen molar-refractivity contribution in [2.45, 2.75) is 24.2 Å². The lowest BCUT2D eigenvalue weighted by Gasteiger charge is -2.45. The lowest BCUT2D eigenvalue weighted by molar-refractivity contribution is 0.434. The molecule has 0 bridgehead atoms. The number of hydrogen-bond acceptors (Lipinski definition) is 1. The Kier molecular flexibility index (Phi) is 6.58. The van der Waals surface area contributed by atoms with Crippen LogP contribution in [0.1, 0.15) is 51.3 Å². The average molecular weight is 740 g/mol. The highest BCUT2D eigenvalue weighted by atomic mass is 16.5. The molecular weight excluding hydrogens is 703 g/mol. The molecular formula is C56H37NO. The number of benzene rings is 9. The lowest BCUT2D eigenvalue weighted by Crippen LogP contribution is -2.37. The highest BCUT2D eigenvalue weighted by Gasteiger charge is 2.50. The van der Waals surface area contributed by atoms with Crippen molar-refractivity contribution in [2.24, 2.45) is 0 Å². The molecule has 0 N–H and O–H groups in total. The van der Waals surface area contributed by atoms with Crippen LogP contribution in [0.15, 0.2) is 194 Å². The van der Waals surface area contributed by atoms with Crippen LogP contribution in [0.5, 0.6) is 11.5 Å². The normalized spacial score (nSPS) is 17.2. The zero-order valence-corrected chi connectivity index (χ0v) is 31.8. The van der Waals surface area contributed by atoms with Crippen molar-refractivity contribution in [3.05, 3.63) is 233 Å². The van der Waals surface area contributed by atoms with Gasteiger partial charge in [-0.15, -0.1) is 0 Å². The van der Waals surface area contributed by atoms with Gasteiger partial charge in [-0.05, 0) is 110 Å². The van der Waals surface area contributed by atoms with Gasteiger partial charge in [-0.1, -0.05) is 158 Å². The predicted octanol–water partition coefficient (Wildman–Crippen LogP) is 14.2. The van der Waals surface area contributed by atoms with Crippen molar-refractivity contribution < 1.29 is 4.74 Å². The number of ether oxygens (including phenoxy) is 1. The van der Waals surface area contributed by atoms with Gasteiger partial charge in [0.1, 0.15) is 11.5 Å². The molecule has 1 aliphatic carbocycles. The molecule has 2 heteroatoms. The van der Waals surface area contributed by atoms with Crippen molar-refractivity contribution in [1.29, 1.82) is 0 Å². The minimum absolute atomic E-state index is 0.321. The molecule has 272 valence electrons. The summed E-state index contributed by atoms with van der Waals surface area (Å²) in [6, 6.07) is 72.4. The number of nitrogens with zero attached hydrogens (tertiary/aromatic N) is 1. The van der Waals surface area contributed by atoms with Gasteiger partial charge >= 0.3 is 0 Å². The maximum Gasteiger partial charge on any atom is 0.132 e. The van der Waals surface area contributed by atoms with Gasteiger partial charge in [0.05, 0.1) is 22.1 Å². The van der Waals surface area contributed by atoms with Crippen LogP contribution in [-0.2, 0) is 11.8 Å².